The van der Waals surface area contributed by atoms with Gasteiger partial charge in [0, 0.05) is 32.7 Å². The Labute approximate surface area is 144 Å². The molecular formula is C17H23F3N2O3. The number of benzene rings is 1. The number of morpholine rings is 1. The number of ether oxygens (including phenoxy) is 1. The van der Waals surface area contributed by atoms with E-state index in [1.54, 1.807) is 6.07 Å². The first kappa shape index (κ1) is 19.7. The molecule has 0 spiro atoms. The van der Waals surface area contributed by atoms with Gasteiger partial charge in [-0.1, -0.05) is 13.8 Å². The van der Waals surface area contributed by atoms with Gasteiger partial charge in [0.15, 0.2) is 11.5 Å². The number of aliphatic hydroxyl groups is 1. The predicted molar refractivity (Wildman–Crippen MR) is 87.3 cm³/mol. The Hall–Kier alpha value is -1.64. The van der Waals surface area contributed by atoms with Gasteiger partial charge in [0.2, 0.25) is 0 Å². The fourth-order valence-corrected chi connectivity index (χ4v) is 2.67. The summed E-state index contributed by atoms with van der Waals surface area (Å²) in [5.41, 5.74) is -0.0632. The van der Waals surface area contributed by atoms with E-state index in [-0.39, 0.29) is 17.0 Å². The summed E-state index contributed by atoms with van der Waals surface area (Å²) >= 11 is 0. The molecule has 1 aromatic carbocycles. The topological polar surface area (TPSA) is 58.7 Å². The zero-order valence-electron chi connectivity index (χ0n) is 14.6. The van der Waals surface area contributed by atoms with Gasteiger partial charge in [-0.15, -0.1) is 0 Å². The van der Waals surface area contributed by atoms with Crippen molar-refractivity contribution in [3.63, 3.8) is 0 Å². The average Bonchev–Trinajstić information content (AvgIpc) is 3.00. The van der Waals surface area contributed by atoms with E-state index in [2.05, 4.69) is 9.88 Å². The van der Waals surface area contributed by atoms with Crippen LogP contribution >= 0.6 is 0 Å². The molecule has 1 fully saturated rings. The number of fused-ring (bicyclic) bond motifs is 1. The molecule has 0 amide bonds. The van der Waals surface area contributed by atoms with Crippen molar-refractivity contribution in [2.45, 2.75) is 32.5 Å². The Morgan fingerprint density at radius 3 is 2.40 bits per heavy atom. The van der Waals surface area contributed by atoms with Crippen molar-refractivity contribution in [2.24, 2.45) is 0 Å². The Morgan fingerprint density at radius 1 is 1.20 bits per heavy atom. The van der Waals surface area contributed by atoms with Crippen LogP contribution in [0.4, 0.5) is 13.2 Å². The molecule has 1 saturated heterocycles. The predicted octanol–water partition coefficient (Wildman–Crippen LogP) is 3.41. The van der Waals surface area contributed by atoms with Crippen molar-refractivity contribution < 1.29 is 27.4 Å². The number of oxazole rings is 1. The third-order valence-corrected chi connectivity index (χ3v) is 3.88. The number of halogens is 3. The lowest BCUT2D eigenvalue weighted by atomic mass is 10.1. The SMILES string of the molecule is CC(C)c1nc2cc(CN3CCOCC3)cc(C(F)(F)F)c2o1.CO. The normalized spacial score (nSPS) is 16.2. The summed E-state index contributed by atoms with van der Waals surface area (Å²) in [4.78, 5) is 6.31. The molecule has 1 aliphatic rings. The fourth-order valence-electron chi connectivity index (χ4n) is 2.67. The van der Waals surface area contributed by atoms with Crippen molar-refractivity contribution in [3.05, 3.63) is 29.2 Å². The van der Waals surface area contributed by atoms with Gasteiger partial charge in [0.25, 0.3) is 0 Å². The van der Waals surface area contributed by atoms with Crippen molar-refractivity contribution >= 4 is 11.1 Å². The largest absolute Gasteiger partial charge is 0.440 e. The molecule has 5 nitrogen and oxygen atoms in total. The van der Waals surface area contributed by atoms with Crippen molar-refractivity contribution in [1.82, 2.24) is 9.88 Å². The van der Waals surface area contributed by atoms with Crippen LogP contribution in [0.5, 0.6) is 0 Å². The molecule has 2 aromatic rings. The Balaban J connectivity index is 0.00000109. The van der Waals surface area contributed by atoms with Gasteiger partial charge >= 0.3 is 6.18 Å². The monoisotopic (exact) mass is 360 g/mol. The molecule has 0 unspecified atom stereocenters. The van der Waals surface area contributed by atoms with Gasteiger partial charge in [0.05, 0.1) is 13.2 Å². The van der Waals surface area contributed by atoms with E-state index in [4.69, 9.17) is 14.3 Å². The molecule has 1 aromatic heterocycles. The zero-order chi connectivity index (χ0) is 18.6. The molecule has 0 aliphatic carbocycles. The minimum atomic E-state index is -4.47. The Kier molecular flexibility index (Phi) is 6.42. The standard InChI is InChI=1S/C16H19F3N2O2.CH4O/c1-10(2)15-20-13-8-11(9-21-3-5-22-6-4-21)7-12(14(13)23-15)16(17,18)19;1-2/h7-8,10H,3-6,9H2,1-2H3;2H,1H3. The molecule has 140 valence electrons. The lowest BCUT2D eigenvalue weighted by molar-refractivity contribution is -0.136. The maximum Gasteiger partial charge on any atom is 0.420 e. The second-order valence-electron chi connectivity index (χ2n) is 6.08. The lowest BCUT2D eigenvalue weighted by Gasteiger charge is -2.26. The minimum absolute atomic E-state index is 0.0637. The lowest BCUT2D eigenvalue weighted by Crippen LogP contribution is -2.35. The quantitative estimate of drug-likeness (QED) is 0.909. The summed E-state index contributed by atoms with van der Waals surface area (Å²) in [6.07, 6.45) is -4.47. The summed E-state index contributed by atoms with van der Waals surface area (Å²) in [7, 11) is 1.00. The number of nitrogens with zero attached hydrogens (tertiary/aromatic N) is 2. The van der Waals surface area contributed by atoms with Gasteiger partial charge in [0.1, 0.15) is 11.1 Å². The highest BCUT2D eigenvalue weighted by Gasteiger charge is 2.35. The first-order chi connectivity index (χ1) is 11.8. The zero-order valence-corrected chi connectivity index (χ0v) is 14.6. The number of rotatable bonds is 3. The highest BCUT2D eigenvalue weighted by Crippen LogP contribution is 2.37. The van der Waals surface area contributed by atoms with Crippen LogP contribution in [0.25, 0.3) is 11.1 Å². The van der Waals surface area contributed by atoms with E-state index in [9.17, 15) is 13.2 Å². The van der Waals surface area contributed by atoms with E-state index >= 15 is 0 Å². The number of alkyl halides is 3. The van der Waals surface area contributed by atoms with Crippen LogP contribution in [0.3, 0.4) is 0 Å². The summed E-state index contributed by atoms with van der Waals surface area (Å²) in [5, 5.41) is 7.00. The molecule has 25 heavy (non-hydrogen) atoms. The Morgan fingerprint density at radius 2 is 1.84 bits per heavy atom. The maximum absolute atomic E-state index is 13.4. The van der Waals surface area contributed by atoms with E-state index in [0.29, 0.717) is 31.2 Å². The van der Waals surface area contributed by atoms with Gasteiger partial charge in [-0.3, -0.25) is 4.90 Å². The van der Waals surface area contributed by atoms with Crippen molar-refractivity contribution in [3.8, 4) is 0 Å². The minimum Gasteiger partial charge on any atom is -0.440 e. The van der Waals surface area contributed by atoms with Gasteiger partial charge in [-0.25, -0.2) is 4.98 Å². The number of aliphatic hydroxyl groups excluding tert-OH is 1. The number of aromatic nitrogens is 1. The summed E-state index contributed by atoms with van der Waals surface area (Å²) in [6, 6.07) is 2.86. The van der Waals surface area contributed by atoms with Crippen LogP contribution in [0.15, 0.2) is 16.5 Å². The first-order valence-electron chi connectivity index (χ1n) is 8.10. The van der Waals surface area contributed by atoms with E-state index in [1.807, 2.05) is 13.8 Å². The van der Waals surface area contributed by atoms with Crippen LogP contribution < -0.4 is 0 Å². The highest BCUT2D eigenvalue weighted by atomic mass is 19.4. The van der Waals surface area contributed by atoms with E-state index < -0.39 is 11.7 Å². The van der Waals surface area contributed by atoms with Gasteiger partial charge < -0.3 is 14.3 Å². The molecule has 8 heteroatoms. The summed E-state index contributed by atoms with van der Waals surface area (Å²) in [6.45, 7) is 6.78. The van der Waals surface area contributed by atoms with E-state index in [1.165, 1.54) is 6.07 Å². The van der Waals surface area contributed by atoms with Gasteiger partial charge in [-0.05, 0) is 17.7 Å². The molecule has 0 saturated carbocycles. The third-order valence-electron chi connectivity index (χ3n) is 3.88. The first-order valence-corrected chi connectivity index (χ1v) is 8.10. The van der Waals surface area contributed by atoms with Gasteiger partial charge in [-0.2, -0.15) is 13.2 Å². The Bertz CT molecular complexity index is 692. The highest BCUT2D eigenvalue weighted by molar-refractivity contribution is 5.78. The van der Waals surface area contributed by atoms with E-state index in [0.717, 1.165) is 20.2 Å². The second kappa shape index (κ2) is 8.16. The molecular weight excluding hydrogens is 337 g/mol. The molecule has 0 radical (unpaired) electrons. The third kappa shape index (κ3) is 4.71. The van der Waals surface area contributed by atoms with Crippen LogP contribution in [0.2, 0.25) is 0 Å². The number of hydrogen-bond acceptors (Lipinski definition) is 5. The smallest absolute Gasteiger partial charge is 0.420 e. The van der Waals surface area contributed by atoms with Crippen LogP contribution in [0, 0.1) is 0 Å². The summed E-state index contributed by atoms with van der Waals surface area (Å²) in [5.74, 6) is 0.264. The average molecular weight is 360 g/mol. The molecule has 3 rings (SSSR count). The molecule has 0 bridgehead atoms. The molecule has 1 aliphatic heterocycles. The fraction of sp³-hybridized carbons (Fsp3) is 0.588. The number of hydrogen-bond donors (Lipinski definition) is 1. The second-order valence-corrected chi connectivity index (χ2v) is 6.08. The van der Waals surface area contributed by atoms with Crippen LogP contribution in [-0.4, -0.2) is 48.4 Å². The van der Waals surface area contributed by atoms with Crippen LogP contribution in [0.1, 0.15) is 36.8 Å². The van der Waals surface area contributed by atoms with Crippen molar-refractivity contribution in [2.75, 3.05) is 33.4 Å². The maximum atomic E-state index is 13.4. The molecule has 0 atom stereocenters. The summed E-state index contributed by atoms with van der Waals surface area (Å²) < 4.78 is 50.7. The molecule has 2 heterocycles. The van der Waals surface area contributed by atoms with Crippen molar-refractivity contribution in [1.29, 1.82) is 0 Å². The van der Waals surface area contributed by atoms with Crippen LogP contribution in [-0.2, 0) is 17.5 Å². The molecule has 1 N–H and O–H groups in total.